The maximum atomic E-state index is 13.6. The van der Waals surface area contributed by atoms with Crippen molar-refractivity contribution < 1.29 is 13.6 Å². The van der Waals surface area contributed by atoms with Crippen LogP contribution in [0.4, 0.5) is 8.78 Å². The molecule has 4 unspecified atom stereocenters. The highest BCUT2D eigenvalue weighted by Crippen LogP contribution is 2.35. The molecule has 2 aliphatic carbocycles. The van der Waals surface area contributed by atoms with Crippen molar-refractivity contribution in [3.8, 4) is 0 Å². The first-order chi connectivity index (χ1) is 7.70. The Morgan fingerprint density at radius 2 is 1.12 bits per heavy atom. The topological polar surface area (TPSA) is 17.1 Å². The van der Waals surface area contributed by atoms with Crippen molar-refractivity contribution in [2.45, 2.75) is 63.7 Å². The van der Waals surface area contributed by atoms with E-state index in [1.54, 1.807) is 0 Å². The van der Waals surface area contributed by atoms with Crippen molar-refractivity contribution in [1.82, 2.24) is 0 Å². The summed E-state index contributed by atoms with van der Waals surface area (Å²) in [7, 11) is 0. The molecule has 0 N–H and O–H groups in total. The Labute approximate surface area is 95.6 Å². The Balaban J connectivity index is 1.99. The van der Waals surface area contributed by atoms with E-state index >= 15 is 0 Å². The molecular formula is C13H20F2O. The van der Waals surface area contributed by atoms with Gasteiger partial charge in [0.25, 0.3) is 0 Å². The van der Waals surface area contributed by atoms with Crippen LogP contribution in [0.3, 0.4) is 0 Å². The van der Waals surface area contributed by atoms with Crippen LogP contribution >= 0.6 is 0 Å². The van der Waals surface area contributed by atoms with Gasteiger partial charge in [0.15, 0.2) is 0 Å². The lowest BCUT2D eigenvalue weighted by atomic mass is 9.75. The van der Waals surface area contributed by atoms with E-state index in [9.17, 15) is 13.6 Å². The summed E-state index contributed by atoms with van der Waals surface area (Å²) in [5, 5.41) is 0. The third-order valence-corrected chi connectivity index (χ3v) is 4.09. The van der Waals surface area contributed by atoms with Crippen LogP contribution in [0.15, 0.2) is 0 Å². The summed E-state index contributed by atoms with van der Waals surface area (Å²) in [6.07, 6.45) is 3.77. The number of ketones is 1. The van der Waals surface area contributed by atoms with Crippen LogP contribution in [-0.2, 0) is 4.79 Å². The molecule has 16 heavy (non-hydrogen) atoms. The Bertz CT molecular complexity index is 230. The summed E-state index contributed by atoms with van der Waals surface area (Å²) in [6, 6.07) is 0. The Hall–Kier alpha value is -0.470. The highest BCUT2D eigenvalue weighted by molar-refractivity contribution is 5.84. The van der Waals surface area contributed by atoms with Gasteiger partial charge in [0.2, 0.25) is 0 Å². The van der Waals surface area contributed by atoms with Crippen LogP contribution in [0.25, 0.3) is 0 Å². The summed E-state index contributed by atoms with van der Waals surface area (Å²) in [4.78, 5) is 12.1. The first-order valence-corrected chi connectivity index (χ1v) is 6.52. The van der Waals surface area contributed by atoms with Gasteiger partial charge in [-0.05, 0) is 25.7 Å². The average molecular weight is 230 g/mol. The zero-order valence-electron chi connectivity index (χ0n) is 9.63. The quantitative estimate of drug-likeness (QED) is 0.708. The van der Waals surface area contributed by atoms with Crippen LogP contribution in [0.5, 0.6) is 0 Å². The molecular weight excluding hydrogens is 210 g/mol. The van der Waals surface area contributed by atoms with E-state index in [4.69, 9.17) is 0 Å². The van der Waals surface area contributed by atoms with E-state index in [1.807, 2.05) is 0 Å². The fourth-order valence-corrected chi connectivity index (χ4v) is 3.09. The number of carbonyl (C=O) groups excluding carboxylic acids is 1. The highest BCUT2D eigenvalue weighted by Gasteiger charge is 2.39. The van der Waals surface area contributed by atoms with Gasteiger partial charge in [-0.1, -0.05) is 25.7 Å². The number of halogens is 2. The molecule has 0 bridgehead atoms. The van der Waals surface area contributed by atoms with Gasteiger partial charge in [0.05, 0.1) is 0 Å². The second-order valence-corrected chi connectivity index (χ2v) is 5.22. The minimum absolute atomic E-state index is 0.126. The highest BCUT2D eigenvalue weighted by atomic mass is 19.1. The van der Waals surface area contributed by atoms with Gasteiger partial charge in [-0.15, -0.1) is 0 Å². The standard InChI is InChI=1S/C13H20F2O/c14-11-7-3-1-5-9(11)13(16)10-6-2-4-8-12(10)15/h9-12H,1-8H2. The third-order valence-electron chi connectivity index (χ3n) is 4.09. The fourth-order valence-electron chi connectivity index (χ4n) is 3.09. The molecule has 0 heterocycles. The first kappa shape index (κ1) is 12.0. The molecule has 0 aromatic heterocycles. The molecule has 0 aromatic rings. The second-order valence-electron chi connectivity index (χ2n) is 5.22. The second kappa shape index (κ2) is 5.24. The zero-order valence-corrected chi connectivity index (χ0v) is 9.63. The van der Waals surface area contributed by atoms with E-state index in [-0.39, 0.29) is 5.78 Å². The fraction of sp³-hybridized carbons (Fsp3) is 0.923. The van der Waals surface area contributed by atoms with Gasteiger partial charge in [0, 0.05) is 11.8 Å². The predicted octanol–water partition coefficient (Wildman–Crippen LogP) is 3.61. The molecule has 0 radical (unpaired) electrons. The smallest absolute Gasteiger partial charge is 0.144 e. The van der Waals surface area contributed by atoms with Crippen molar-refractivity contribution in [2.24, 2.45) is 11.8 Å². The minimum Gasteiger partial charge on any atom is -0.299 e. The Kier molecular flexibility index (Phi) is 3.93. The van der Waals surface area contributed by atoms with Crippen LogP contribution in [0.1, 0.15) is 51.4 Å². The van der Waals surface area contributed by atoms with E-state index in [1.165, 1.54) is 0 Å². The molecule has 0 amide bonds. The Morgan fingerprint density at radius 1 is 0.750 bits per heavy atom. The largest absolute Gasteiger partial charge is 0.299 e. The van der Waals surface area contributed by atoms with Crippen molar-refractivity contribution >= 4 is 5.78 Å². The van der Waals surface area contributed by atoms with Crippen LogP contribution in [-0.4, -0.2) is 18.1 Å². The van der Waals surface area contributed by atoms with Crippen molar-refractivity contribution in [3.63, 3.8) is 0 Å². The monoisotopic (exact) mass is 230 g/mol. The molecule has 2 aliphatic rings. The molecule has 2 saturated carbocycles. The number of carbonyl (C=O) groups is 1. The summed E-state index contributed by atoms with van der Waals surface area (Å²) < 4.78 is 27.3. The normalized spacial score (nSPS) is 40.6. The van der Waals surface area contributed by atoms with Crippen LogP contribution in [0.2, 0.25) is 0 Å². The summed E-state index contributed by atoms with van der Waals surface area (Å²) in [5.41, 5.74) is 0. The maximum absolute atomic E-state index is 13.6. The number of alkyl halides is 2. The van der Waals surface area contributed by atoms with E-state index in [0.29, 0.717) is 25.7 Å². The SMILES string of the molecule is O=C(C1CCCCC1F)C1CCCCC1F. The number of hydrogen-bond donors (Lipinski definition) is 0. The molecule has 2 fully saturated rings. The lowest BCUT2D eigenvalue weighted by molar-refractivity contribution is -0.133. The zero-order chi connectivity index (χ0) is 11.5. The van der Waals surface area contributed by atoms with Gasteiger partial charge < -0.3 is 0 Å². The summed E-state index contributed by atoms with van der Waals surface area (Å²) >= 11 is 0. The molecule has 4 atom stereocenters. The molecule has 0 saturated heterocycles. The van der Waals surface area contributed by atoms with Gasteiger partial charge in [-0.3, -0.25) is 4.79 Å². The Morgan fingerprint density at radius 3 is 1.50 bits per heavy atom. The van der Waals surface area contributed by atoms with Crippen molar-refractivity contribution in [1.29, 1.82) is 0 Å². The summed E-state index contributed by atoms with van der Waals surface area (Å²) in [6.45, 7) is 0. The molecule has 92 valence electrons. The van der Waals surface area contributed by atoms with E-state index in [2.05, 4.69) is 0 Å². The molecule has 0 spiro atoms. The minimum atomic E-state index is -1.02. The van der Waals surface area contributed by atoms with Crippen LogP contribution < -0.4 is 0 Å². The predicted molar refractivity (Wildman–Crippen MR) is 58.7 cm³/mol. The molecule has 0 aliphatic heterocycles. The molecule has 2 rings (SSSR count). The lowest BCUT2D eigenvalue weighted by Gasteiger charge is -2.31. The summed E-state index contributed by atoms with van der Waals surface area (Å²) in [5.74, 6) is -1.13. The molecule has 1 nitrogen and oxygen atoms in total. The van der Waals surface area contributed by atoms with Crippen LogP contribution in [0, 0.1) is 11.8 Å². The van der Waals surface area contributed by atoms with Gasteiger partial charge in [0.1, 0.15) is 18.1 Å². The lowest BCUT2D eigenvalue weighted by Crippen LogP contribution is -2.38. The van der Waals surface area contributed by atoms with Gasteiger partial charge in [-0.25, -0.2) is 8.78 Å². The maximum Gasteiger partial charge on any atom is 0.144 e. The number of Topliss-reactive ketones (excluding diaryl/α,β-unsaturated/α-hetero) is 1. The van der Waals surface area contributed by atoms with Gasteiger partial charge in [-0.2, -0.15) is 0 Å². The van der Waals surface area contributed by atoms with E-state index < -0.39 is 24.2 Å². The molecule has 3 heteroatoms. The van der Waals surface area contributed by atoms with Gasteiger partial charge >= 0.3 is 0 Å². The van der Waals surface area contributed by atoms with E-state index in [0.717, 1.165) is 25.7 Å². The van der Waals surface area contributed by atoms with Crippen molar-refractivity contribution in [2.75, 3.05) is 0 Å². The van der Waals surface area contributed by atoms with Crippen molar-refractivity contribution in [3.05, 3.63) is 0 Å². The first-order valence-electron chi connectivity index (χ1n) is 6.52. The number of rotatable bonds is 2. The third kappa shape index (κ3) is 2.44. The molecule has 0 aromatic carbocycles. The number of hydrogen-bond acceptors (Lipinski definition) is 1. The average Bonchev–Trinajstić information content (AvgIpc) is 2.29.